The first-order valence-electron chi connectivity index (χ1n) is 13.6. The number of amides is 2. The zero-order chi connectivity index (χ0) is 27.9. The van der Waals surface area contributed by atoms with Gasteiger partial charge in [0, 0.05) is 19.2 Å². The summed E-state index contributed by atoms with van der Waals surface area (Å²) in [6.07, 6.45) is 35.9. The lowest BCUT2D eigenvalue weighted by Gasteiger charge is -2.26. The van der Waals surface area contributed by atoms with Crippen LogP contribution in [0.2, 0.25) is 0 Å². The number of nitrogens with zero attached hydrogens (tertiary/aromatic N) is 2. The molecule has 0 aliphatic carbocycles. The van der Waals surface area contributed by atoms with Gasteiger partial charge in [-0.05, 0) is 65.7 Å². The number of rotatable bonds is 18. The van der Waals surface area contributed by atoms with Gasteiger partial charge in [-0.15, -0.1) is 0 Å². The molecule has 0 aliphatic rings. The van der Waals surface area contributed by atoms with Crippen molar-refractivity contribution in [3.63, 3.8) is 0 Å². The van der Waals surface area contributed by atoms with E-state index < -0.39 is 5.54 Å². The monoisotopic (exact) mass is 518 g/mol. The average Bonchev–Trinajstić information content (AvgIpc) is 2.89. The Morgan fingerprint density at radius 2 is 1.26 bits per heavy atom. The number of hydrogen-bond acceptors (Lipinski definition) is 4. The number of carbonyl (C=O) groups excluding carboxylic acids is 2. The molecule has 0 bridgehead atoms. The van der Waals surface area contributed by atoms with Crippen molar-refractivity contribution in [2.75, 3.05) is 6.54 Å². The molecule has 1 rings (SSSR count). The summed E-state index contributed by atoms with van der Waals surface area (Å²) in [6, 6.07) is 0. The summed E-state index contributed by atoms with van der Waals surface area (Å²) in [5, 5.41) is 5.78. The first-order chi connectivity index (χ1) is 18.3. The summed E-state index contributed by atoms with van der Waals surface area (Å²) in [7, 11) is 0. The molecule has 206 valence electrons. The maximum Gasteiger partial charge on any atom is 0.271 e. The third-order valence-electron chi connectivity index (χ3n) is 5.33. The van der Waals surface area contributed by atoms with Crippen molar-refractivity contribution in [1.29, 1.82) is 0 Å². The minimum Gasteiger partial charge on any atom is -0.354 e. The number of hydrogen-bond donors (Lipinski definition) is 2. The molecule has 0 atom stereocenters. The summed E-state index contributed by atoms with van der Waals surface area (Å²) in [6.45, 7) is 8.01. The summed E-state index contributed by atoms with van der Waals surface area (Å²) in [4.78, 5) is 32.7. The highest BCUT2D eigenvalue weighted by Gasteiger charge is 2.22. The van der Waals surface area contributed by atoms with Gasteiger partial charge in [-0.1, -0.05) is 79.8 Å². The SMILES string of the molecule is CCC=CCC=CCC=CCC=CCC=CCC=CCCC(=O)NCC(C)(C)NC(=O)c1cnc(C)cn1. The quantitative estimate of drug-likeness (QED) is 0.207. The molecule has 2 N–H and O–H groups in total. The Bertz CT molecular complexity index is 983. The molecule has 0 radical (unpaired) electrons. The molecular weight excluding hydrogens is 472 g/mol. The average molecular weight is 519 g/mol. The van der Waals surface area contributed by atoms with Crippen LogP contribution in [0.5, 0.6) is 0 Å². The van der Waals surface area contributed by atoms with Crippen LogP contribution in [-0.4, -0.2) is 33.9 Å². The van der Waals surface area contributed by atoms with Crippen LogP contribution in [0.25, 0.3) is 0 Å². The fraction of sp³-hybridized carbons (Fsp3) is 0.438. The largest absolute Gasteiger partial charge is 0.354 e. The summed E-state index contributed by atoms with van der Waals surface area (Å²) >= 11 is 0. The second kappa shape index (κ2) is 20.5. The van der Waals surface area contributed by atoms with E-state index in [2.05, 4.69) is 94.4 Å². The zero-order valence-corrected chi connectivity index (χ0v) is 23.7. The smallest absolute Gasteiger partial charge is 0.271 e. The highest BCUT2D eigenvalue weighted by Crippen LogP contribution is 2.04. The van der Waals surface area contributed by atoms with Gasteiger partial charge in [0.15, 0.2) is 0 Å². The second-order valence-electron chi connectivity index (χ2n) is 9.61. The second-order valence-corrected chi connectivity index (χ2v) is 9.61. The van der Waals surface area contributed by atoms with Crippen molar-refractivity contribution in [1.82, 2.24) is 20.6 Å². The van der Waals surface area contributed by atoms with E-state index in [1.54, 1.807) is 6.20 Å². The van der Waals surface area contributed by atoms with Gasteiger partial charge in [-0.3, -0.25) is 14.6 Å². The Hall–Kier alpha value is -3.54. The third kappa shape index (κ3) is 17.8. The molecule has 1 heterocycles. The van der Waals surface area contributed by atoms with Crippen LogP contribution < -0.4 is 10.6 Å². The van der Waals surface area contributed by atoms with E-state index in [4.69, 9.17) is 0 Å². The molecule has 1 aromatic rings. The predicted octanol–water partition coefficient (Wildman–Crippen LogP) is 6.89. The van der Waals surface area contributed by atoms with Gasteiger partial charge in [-0.25, -0.2) is 4.98 Å². The maximum atomic E-state index is 12.3. The lowest BCUT2D eigenvalue weighted by Crippen LogP contribution is -2.51. The van der Waals surface area contributed by atoms with Crippen molar-refractivity contribution in [2.45, 2.75) is 84.6 Å². The molecule has 0 fully saturated rings. The minimum absolute atomic E-state index is 0.0398. The van der Waals surface area contributed by atoms with E-state index in [1.165, 1.54) is 6.20 Å². The van der Waals surface area contributed by atoms with Crippen molar-refractivity contribution in [3.05, 3.63) is 96.7 Å². The van der Waals surface area contributed by atoms with Gasteiger partial charge in [0.05, 0.1) is 17.4 Å². The van der Waals surface area contributed by atoms with Crippen LogP contribution >= 0.6 is 0 Å². The number of aryl methyl sites for hydroxylation is 1. The van der Waals surface area contributed by atoms with Gasteiger partial charge >= 0.3 is 0 Å². The molecular formula is C32H46N4O2. The minimum atomic E-state index is -0.604. The normalized spacial score (nSPS) is 12.7. The Kier molecular flexibility index (Phi) is 17.5. The van der Waals surface area contributed by atoms with Gasteiger partial charge in [0.2, 0.25) is 5.91 Å². The van der Waals surface area contributed by atoms with Gasteiger partial charge < -0.3 is 10.6 Å². The maximum absolute atomic E-state index is 12.3. The standard InChI is InChI=1S/C32H46N4O2/c1-5-6-7-8-9-10-11-12-13-14-15-16-17-18-19-20-21-22-23-24-30(37)35-27-32(3,4)36-31(38)29-26-33-28(2)25-34-29/h6-7,9-10,12-13,15-16,18-19,21-22,25-26H,5,8,11,14,17,20,23-24,27H2,1-4H3,(H,35,37)(H,36,38). The fourth-order valence-electron chi connectivity index (χ4n) is 3.19. The lowest BCUT2D eigenvalue weighted by atomic mass is 10.1. The molecule has 0 spiro atoms. The Balaban J connectivity index is 2.10. The molecule has 0 saturated carbocycles. The molecule has 2 amide bonds. The summed E-state index contributed by atoms with van der Waals surface area (Å²) < 4.78 is 0. The van der Waals surface area contributed by atoms with E-state index in [0.717, 1.165) is 44.2 Å². The molecule has 6 heteroatoms. The van der Waals surface area contributed by atoms with Gasteiger partial charge in [-0.2, -0.15) is 0 Å². The number of allylic oxidation sites excluding steroid dienone is 12. The Labute approximate surface area is 229 Å². The van der Waals surface area contributed by atoms with Crippen LogP contribution in [0.4, 0.5) is 0 Å². The molecule has 0 saturated heterocycles. The topological polar surface area (TPSA) is 84.0 Å². The van der Waals surface area contributed by atoms with Crippen LogP contribution in [-0.2, 0) is 4.79 Å². The Morgan fingerprint density at radius 3 is 1.74 bits per heavy atom. The van der Waals surface area contributed by atoms with E-state index in [9.17, 15) is 9.59 Å². The zero-order valence-electron chi connectivity index (χ0n) is 23.7. The van der Waals surface area contributed by atoms with Crippen molar-refractivity contribution < 1.29 is 9.59 Å². The lowest BCUT2D eigenvalue weighted by molar-refractivity contribution is -0.121. The molecule has 0 aromatic carbocycles. The first-order valence-corrected chi connectivity index (χ1v) is 13.6. The fourth-order valence-corrected chi connectivity index (χ4v) is 3.19. The van der Waals surface area contributed by atoms with E-state index in [-0.39, 0.29) is 17.5 Å². The van der Waals surface area contributed by atoms with E-state index in [0.29, 0.717) is 19.4 Å². The van der Waals surface area contributed by atoms with E-state index >= 15 is 0 Å². The van der Waals surface area contributed by atoms with Crippen LogP contribution in [0.3, 0.4) is 0 Å². The van der Waals surface area contributed by atoms with Crippen molar-refractivity contribution >= 4 is 11.8 Å². The molecule has 0 aliphatic heterocycles. The summed E-state index contributed by atoms with van der Waals surface area (Å²) in [5.41, 5.74) is 0.403. The van der Waals surface area contributed by atoms with Crippen LogP contribution in [0.1, 0.15) is 88.3 Å². The van der Waals surface area contributed by atoms with Crippen molar-refractivity contribution in [3.8, 4) is 0 Å². The van der Waals surface area contributed by atoms with Crippen LogP contribution in [0.15, 0.2) is 85.3 Å². The van der Waals surface area contributed by atoms with Gasteiger partial charge in [0.25, 0.3) is 5.91 Å². The van der Waals surface area contributed by atoms with Crippen molar-refractivity contribution in [2.24, 2.45) is 0 Å². The first kappa shape index (κ1) is 32.5. The highest BCUT2D eigenvalue weighted by molar-refractivity contribution is 5.92. The number of nitrogens with one attached hydrogen (secondary N) is 2. The third-order valence-corrected chi connectivity index (χ3v) is 5.33. The number of aromatic nitrogens is 2. The number of carbonyl (C=O) groups is 2. The highest BCUT2D eigenvalue weighted by atomic mass is 16.2. The van der Waals surface area contributed by atoms with E-state index in [1.807, 2.05) is 26.8 Å². The molecule has 6 nitrogen and oxygen atoms in total. The Morgan fingerprint density at radius 1 is 0.763 bits per heavy atom. The molecule has 0 unspecified atom stereocenters. The molecule has 38 heavy (non-hydrogen) atoms. The van der Waals surface area contributed by atoms with Crippen LogP contribution in [0, 0.1) is 6.92 Å². The summed E-state index contributed by atoms with van der Waals surface area (Å²) in [5.74, 6) is -0.350. The predicted molar refractivity (Wildman–Crippen MR) is 159 cm³/mol. The molecule has 1 aromatic heterocycles. The van der Waals surface area contributed by atoms with Gasteiger partial charge in [0.1, 0.15) is 5.69 Å².